The van der Waals surface area contributed by atoms with E-state index in [1.165, 1.54) is 161 Å². The molecule has 0 bridgehead atoms. The van der Waals surface area contributed by atoms with E-state index in [0.717, 1.165) is 44.9 Å². The van der Waals surface area contributed by atoms with Crippen molar-refractivity contribution in [2.45, 2.75) is 251 Å². The van der Waals surface area contributed by atoms with Gasteiger partial charge in [0.05, 0.1) is 34.4 Å². The molecule has 0 aromatic carbocycles. The smallest absolute Gasteiger partial charge is 0.362 e. The van der Waals surface area contributed by atoms with E-state index in [1.807, 2.05) is 21.1 Å². The molecule has 2 atom stereocenters. The Morgan fingerprint density at radius 1 is 0.483 bits per heavy atom. The van der Waals surface area contributed by atoms with Crippen LogP contribution < -0.4 is 0 Å². The molecular weight excluding hydrogens is 751 g/mol. The highest BCUT2D eigenvalue weighted by atomic mass is 16.6. The molecule has 0 saturated heterocycles. The Morgan fingerprint density at radius 3 is 1.20 bits per heavy atom. The van der Waals surface area contributed by atoms with Gasteiger partial charge in [-0.1, -0.05) is 179 Å². The summed E-state index contributed by atoms with van der Waals surface area (Å²) in [5.41, 5.74) is 0. The number of hydrogen-bond donors (Lipinski definition) is 1. The van der Waals surface area contributed by atoms with Crippen molar-refractivity contribution < 1.29 is 38.2 Å². The van der Waals surface area contributed by atoms with E-state index in [2.05, 4.69) is 38.2 Å². The zero-order valence-electron chi connectivity index (χ0n) is 40.2. The van der Waals surface area contributed by atoms with Crippen LogP contribution >= 0.6 is 0 Å². The molecule has 8 nitrogen and oxygen atoms in total. The number of likely N-dealkylation sites (N-methyl/N-ethyl adjacent to an activating group) is 1. The zero-order valence-corrected chi connectivity index (χ0v) is 40.2. The van der Waals surface area contributed by atoms with Crippen LogP contribution in [-0.4, -0.2) is 80.6 Å². The van der Waals surface area contributed by atoms with Crippen molar-refractivity contribution in [3.63, 3.8) is 0 Å². The molecule has 0 radical (unpaired) electrons. The summed E-state index contributed by atoms with van der Waals surface area (Å²) in [6, 6.07) is -0.615. The molecule has 0 rings (SSSR count). The predicted octanol–water partition coefficient (Wildman–Crippen LogP) is 14.4. The lowest BCUT2D eigenvalue weighted by Crippen LogP contribution is -2.50. The van der Waals surface area contributed by atoms with Crippen LogP contribution in [0.4, 0.5) is 0 Å². The highest BCUT2D eigenvalue weighted by molar-refractivity contribution is 5.72. The van der Waals surface area contributed by atoms with Crippen molar-refractivity contribution in [2.75, 3.05) is 41.0 Å². The maximum Gasteiger partial charge on any atom is 0.362 e. The summed E-state index contributed by atoms with van der Waals surface area (Å²) in [5.74, 6) is -1.47. The number of carboxylic acids is 1. The number of carbonyl (C=O) groups excluding carboxylic acids is 2. The molecule has 0 aromatic rings. The third-order valence-corrected chi connectivity index (χ3v) is 11.6. The number of rotatable bonds is 46. The first-order chi connectivity index (χ1) is 29.1. The van der Waals surface area contributed by atoms with Crippen LogP contribution in [0, 0.1) is 0 Å². The van der Waals surface area contributed by atoms with E-state index < -0.39 is 18.1 Å². The first kappa shape index (κ1) is 57.8. The standard InChI is InChI=1S/C52H97NO7/c1-6-8-10-12-14-16-18-20-22-24-25-26-27-29-31-33-35-37-39-41-43-51(55)60-48(46-58-45-44-49(52(56)57)53(3,4)5)47-59-50(54)42-40-38-36-34-32-30-28-23-21-19-17-15-13-11-9-7-2/h23,25-26,28,48-49H,6-22,24,27,29-47H2,1-5H3/p+1/b26-25+,28-23+. The van der Waals surface area contributed by atoms with Gasteiger partial charge in [-0.2, -0.15) is 0 Å². The number of carbonyl (C=O) groups is 3. The molecule has 0 fully saturated rings. The van der Waals surface area contributed by atoms with Gasteiger partial charge in [0, 0.05) is 19.3 Å². The van der Waals surface area contributed by atoms with Gasteiger partial charge in [-0.25, -0.2) is 4.79 Å². The number of unbranched alkanes of at least 4 members (excludes halogenated alkanes) is 28. The summed E-state index contributed by atoms with van der Waals surface area (Å²) in [6.45, 7) is 4.75. The first-order valence-corrected chi connectivity index (χ1v) is 25.4. The second kappa shape index (κ2) is 43.5. The average Bonchev–Trinajstić information content (AvgIpc) is 3.21. The topological polar surface area (TPSA) is 99.1 Å². The minimum absolute atomic E-state index is 0.0537. The highest BCUT2D eigenvalue weighted by Gasteiger charge is 2.31. The maximum atomic E-state index is 12.8. The van der Waals surface area contributed by atoms with Gasteiger partial charge in [-0.05, 0) is 64.2 Å². The van der Waals surface area contributed by atoms with E-state index in [-0.39, 0.29) is 36.2 Å². The Bertz CT molecular complexity index is 1040. The van der Waals surface area contributed by atoms with Gasteiger partial charge in [0.1, 0.15) is 6.61 Å². The normalized spacial score (nSPS) is 13.0. The average molecular weight is 849 g/mol. The van der Waals surface area contributed by atoms with Gasteiger partial charge in [0.15, 0.2) is 12.1 Å². The summed E-state index contributed by atoms with van der Waals surface area (Å²) in [4.78, 5) is 37.1. The van der Waals surface area contributed by atoms with Crippen molar-refractivity contribution in [2.24, 2.45) is 0 Å². The number of aliphatic carboxylic acids is 1. The molecule has 1 N–H and O–H groups in total. The molecule has 0 aliphatic carbocycles. The van der Waals surface area contributed by atoms with Crippen LogP contribution in [0.15, 0.2) is 24.3 Å². The molecule has 0 aliphatic heterocycles. The van der Waals surface area contributed by atoms with E-state index in [9.17, 15) is 19.5 Å². The Kier molecular flexibility index (Phi) is 41.9. The Balaban J connectivity index is 4.26. The van der Waals surface area contributed by atoms with Crippen molar-refractivity contribution in [3.05, 3.63) is 24.3 Å². The number of esters is 2. The van der Waals surface area contributed by atoms with E-state index in [1.54, 1.807) is 0 Å². The molecule has 352 valence electrons. The summed E-state index contributed by atoms with van der Waals surface area (Å²) >= 11 is 0. The van der Waals surface area contributed by atoms with Crippen molar-refractivity contribution in [3.8, 4) is 0 Å². The fraction of sp³-hybridized carbons (Fsp3) is 0.865. The summed E-state index contributed by atoms with van der Waals surface area (Å²) in [5, 5.41) is 9.65. The molecule has 2 unspecified atom stereocenters. The highest BCUT2D eigenvalue weighted by Crippen LogP contribution is 2.15. The van der Waals surface area contributed by atoms with E-state index >= 15 is 0 Å². The molecule has 0 saturated carbocycles. The molecule has 0 amide bonds. The molecular formula is C52H98NO7+. The predicted molar refractivity (Wildman–Crippen MR) is 252 cm³/mol. The van der Waals surface area contributed by atoms with Crippen LogP contribution in [0.5, 0.6) is 0 Å². The minimum atomic E-state index is -0.874. The van der Waals surface area contributed by atoms with E-state index in [4.69, 9.17) is 14.2 Å². The number of carboxylic acid groups (broad SMARTS) is 1. The van der Waals surface area contributed by atoms with Crippen LogP contribution in [-0.2, 0) is 28.6 Å². The van der Waals surface area contributed by atoms with Crippen LogP contribution in [0.25, 0.3) is 0 Å². The largest absolute Gasteiger partial charge is 0.477 e. The fourth-order valence-electron chi connectivity index (χ4n) is 7.61. The SMILES string of the molecule is CCCCCCCCC/C=C/CCCCCCCC(=O)OCC(COCCC(C(=O)O)[N+](C)(C)C)OC(=O)CCCCCCCCC/C=C/CCCCCCCCCCC. The zero-order chi connectivity index (χ0) is 44.2. The Labute approximate surface area is 371 Å². The number of allylic oxidation sites excluding steroid dienone is 4. The lowest BCUT2D eigenvalue weighted by atomic mass is 10.1. The molecule has 0 aromatic heterocycles. The molecule has 60 heavy (non-hydrogen) atoms. The lowest BCUT2D eigenvalue weighted by molar-refractivity contribution is -0.887. The molecule has 8 heteroatoms. The first-order valence-electron chi connectivity index (χ1n) is 25.4. The van der Waals surface area contributed by atoms with Gasteiger partial charge in [-0.3, -0.25) is 9.59 Å². The van der Waals surface area contributed by atoms with E-state index in [0.29, 0.717) is 19.3 Å². The Hall–Kier alpha value is -2.19. The van der Waals surface area contributed by atoms with Crippen LogP contribution in [0.3, 0.4) is 0 Å². The maximum absolute atomic E-state index is 12.8. The van der Waals surface area contributed by atoms with Gasteiger partial charge >= 0.3 is 17.9 Å². The van der Waals surface area contributed by atoms with Gasteiger partial charge in [-0.15, -0.1) is 0 Å². The third-order valence-electron chi connectivity index (χ3n) is 11.6. The number of quaternary nitrogens is 1. The van der Waals surface area contributed by atoms with Crippen LogP contribution in [0.1, 0.15) is 239 Å². The number of ether oxygens (including phenoxy) is 3. The van der Waals surface area contributed by atoms with Crippen molar-refractivity contribution in [1.82, 2.24) is 0 Å². The fourth-order valence-corrected chi connectivity index (χ4v) is 7.61. The summed E-state index contributed by atoms with van der Waals surface area (Å²) in [6.07, 6.45) is 49.4. The van der Waals surface area contributed by atoms with Crippen LogP contribution in [0.2, 0.25) is 0 Å². The second-order valence-corrected chi connectivity index (χ2v) is 18.4. The van der Waals surface area contributed by atoms with Gasteiger partial charge in [0.25, 0.3) is 0 Å². The van der Waals surface area contributed by atoms with Gasteiger partial charge < -0.3 is 23.8 Å². The summed E-state index contributed by atoms with van der Waals surface area (Å²) in [7, 11) is 5.54. The minimum Gasteiger partial charge on any atom is -0.477 e. The monoisotopic (exact) mass is 849 g/mol. The van der Waals surface area contributed by atoms with Crippen molar-refractivity contribution >= 4 is 17.9 Å². The number of hydrogen-bond acceptors (Lipinski definition) is 6. The lowest BCUT2D eigenvalue weighted by Gasteiger charge is -2.31. The molecule has 0 spiro atoms. The van der Waals surface area contributed by atoms with Crippen molar-refractivity contribution in [1.29, 1.82) is 0 Å². The van der Waals surface area contributed by atoms with Gasteiger partial charge in [0.2, 0.25) is 0 Å². The molecule has 0 heterocycles. The third kappa shape index (κ3) is 41.2. The Morgan fingerprint density at radius 2 is 0.833 bits per heavy atom. The number of nitrogens with zero attached hydrogens (tertiary/aromatic N) is 1. The molecule has 0 aliphatic rings. The second-order valence-electron chi connectivity index (χ2n) is 18.4. The summed E-state index contributed by atoms with van der Waals surface area (Å²) < 4.78 is 17.3. The quantitative estimate of drug-likeness (QED) is 0.0282.